The van der Waals surface area contributed by atoms with Crippen molar-refractivity contribution >= 4 is 17.3 Å². The average Bonchev–Trinajstić information content (AvgIpc) is 3.32. The predicted molar refractivity (Wildman–Crippen MR) is 153 cm³/mol. The highest BCUT2D eigenvalue weighted by Crippen LogP contribution is 2.45. The first kappa shape index (κ1) is 23.7. The summed E-state index contributed by atoms with van der Waals surface area (Å²) in [5.74, 6) is -0.297. The summed E-state index contributed by atoms with van der Waals surface area (Å²) in [5, 5.41) is 0. The molecule has 0 aliphatic heterocycles. The number of unbranched alkanes of at least 4 members (excludes halogenated alkanes) is 1. The molecule has 186 valence electrons. The lowest BCUT2D eigenvalue weighted by molar-refractivity contribution is 0.0981. The van der Waals surface area contributed by atoms with Crippen LogP contribution in [0.5, 0.6) is 0 Å². The molecule has 6 rings (SSSR count). The summed E-state index contributed by atoms with van der Waals surface area (Å²) in [4.78, 5) is 28.3. The largest absolute Gasteiger partial charge is 0.397 e. The van der Waals surface area contributed by atoms with E-state index in [1.807, 2.05) is 65.2 Å². The second-order valence-electron chi connectivity index (χ2n) is 9.71. The Morgan fingerprint density at radius 2 is 1.16 bits per heavy atom. The van der Waals surface area contributed by atoms with Gasteiger partial charge in [-0.2, -0.15) is 0 Å². The van der Waals surface area contributed by atoms with Crippen LogP contribution in [0, 0.1) is 0 Å². The minimum absolute atomic E-state index is 0.148. The first-order valence-corrected chi connectivity index (χ1v) is 13.1. The third kappa shape index (κ3) is 3.77. The second kappa shape index (κ2) is 9.64. The highest BCUT2D eigenvalue weighted by atomic mass is 16.1. The van der Waals surface area contributed by atoms with E-state index in [9.17, 15) is 9.59 Å². The molecule has 0 atom stereocenters. The van der Waals surface area contributed by atoms with E-state index >= 15 is 0 Å². The molecule has 5 aromatic rings. The number of carbonyl (C=O) groups excluding carboxylic acids is 2. The van der Waals surface area contributed by atoms with Gasteiger partial charge in [0.25, 0.3) is 0 Å². The molecule has 0 saturated heterocycles. The number of nitrogen functional groups attached to an aromatic ring is 1. The van der Waals surface area contributed by atoms with Crippen LogP contribution in [0.25, 0.3) is 28.2 Å². The van der Waals surface area contributed by atoms with Gasteiger partial charge in [0.2, 0.25) is 0 Å². The number of benzene rings is 4. The Kier molecular flexibility index (Phi) is 6.01. The number of aryl methyl sites for hydroxylation is 1. The van der Waals surface area contributed by atoms with Crippen molar-refractivity contribution < 1.29 is 9.59 Å². The third-order valence-electron chi connectivity index (χ3n) is 7.31. The minimum Gasteiger partial charge on any atom is -0.397 e. The predicted octanol–water partition coefficient (Wildman–Crippen LogP) is 7.51. The molecule has 4 heteroatoms. The first-order chi connectivity index (χ1) is 18.6. The number of para-hydroxylation sites is 2. The Balaban J connectivity index is 1.73. The summed E-state index contributed by atoms with van der Waals surface area (Å²) in [6.07, 6.45) is 3.25. The van der Waals surface area contributed by atoms with Crippen LogP contribution in [0.2, 0.25) is 0 Å². The molecular formula is C34H28N2O2. The zero-order valence-electron chi connectivity index (χ0n) is 21.3. The summed E-state index contributed by atoms with van der Waals surface area (Å²) in [7, 11) is 0. The van der Waals surface area contributed by atoms with Gasteiger partial charge in [-0.1, -0.05) is 104 Å². The molecule has 1 aromatic heterocycles. The number of nitrogens with two attached hydrogens (primary N) is 1. The third-order valence-corrected chi connectivity index (χ3v) is 7.31. The van der Waals surface area contributed by atoms with Gasteiger partial charge in [-0.3, -0.25) is 9.59 Å². The lowest BCUT2D eigenvalue weighted by Crippen LogP contribution is -2.20. The fraction of sp³-hybridized carbons (Fsp3) is 0.118. The van der Waals surface area contributed by atoms with Gasteiger partial charge in [0.05, 0.1) is 33.9 Å². The Morgan fingerprint density at radius 3 is 1.74 bits per heavy atom. The number of rotatable bonds is 6. The molecular weight excluding hydrogens is 468 g/mol. The maximum absolute atomic E-state index is 14.2. The van der Waals surface area contributed by atoms with Crippen LogP contribution in [0.3, 0.4) is 0 Å². The van der Waals surface area contributed by atoms with Crippen molar-refractivity contribution in [2.24, 2.45) is 0 Å². The molecule has 1 heterocycles. The molecule has 38 heavy (non-hydrogen) atoms. The number of nitrogens with zero attached hydrogens (tertiary/aromatic N) is 1. The Labute approximate surface area is 222 Å². The summed E-state index contributed by atoms with van der Waals surface area (Å²) >= 11 is 0. The summed E-state index contributed by atoms with van der Waals surface area (Å²) in [6.45, 7) is 2.18. The van der Waals surface area contributed by atoms with E-state index in [0.29, 0.717) is 39.3 Å². The van der Waals surface area contributed by atoms with Gasteiger partial charge >= 0.3 is 0 Å². The highest BCUT2D eigenvalue weighted by Gasteiger charge is 2.39. The zero-order valence-corrected chi connectivity index (χ0v) is 21.3. The number of hydrogen-bond acceptors (Lipinski definition) is 3. The van der Waals surface area contributed by atoms with E-state index in [1.54, 1.807) is 18.2 Å². The van der Waals surface area contributed by atoms with Crippen molar-refractivity contribution in [1.82, 2.24) is 4.57 Å². The van der Waals surface area contributed by atoms with Crippen molar-refractivity contribution in [2.45, 2.75) is 26.2 Å². The molecule has 0 unspecified atom stereocenters. The Bertz CT molecular complexity index is 1680. The normalized spacial score (nSPS) is 12.3. The van der Waals surface area contributed by atoms with Crippen LogP contribution in [0.4, 0.5) is 5.69 Å². The number of fused-ring (bicyclic) bond motifs is 2. The van der Waals surface area contributed by atoms with Gasteiger partial charge in [-0.25, -0.2) is 0 Å². The number of carbonyl (C=O) groups is 2. The summed E-state index contributed by atoms with van der Waals surface area (Å²) in [6, 6.07) is 32.8. The van der Waals surface area contributed by atoms with Crippen molar-refractivity contribution in [3.63, 3.8) is 0 Å². The quantitative estimate of drug-likeness (QED) is 0.243. The summed E-state index contributed by atoms with van der Waals surface area (Å²) < 4.78 is 2.01. The average molecular weight is 497 g/mol. The molecule has 0 spiro atoms. The number of aromatic nitrogens is 1. The maximum Gasteiger partial charge on any atom is 0.196 e. The van der Waals surface area contributed by atoms with Crippen molar-refractivity contribution in [3.05, 3.63) is 131 Å². The van der Waals surface area contributed by atoms with Gasteiger partial charge in [0.1, 0.15) is 0 Å². The number of hydrogen-bond donors (Lipinski definition) is 1. The summed E-state index contributed by atoms with van der Waals surface area (Å²) in [5.41, 5.74) is 13.9. The van der Waals surface area contributed by atoms with Gasteiger partial charge in [-0.15, -0.1) is 0 Å². The van der Waals surface area contributed by atoms with E-state index in [2.05, 4.69) is 31.2 Å². The van der Waals surface area contributed by atoms with Gasteiger partial charge in [-0.05, 0) is 41.7 Å². The number of ketones is 2. The monoisotopic (exact) mass is 496 g/mol. The van der Waals surface area contributed by atoms with Gasteiger partial charge in [0.15, 0.2) is 11.6 Å². The molecule has 0 amide bonds. The van der Waals surface area contributed by atoms with E-state index in [4.69, 9.17) is 5.73 Å². The molecule has 0 radical (unpaired) electrons. The maximum atomic E-state index is 14.2. The fourth-order valence-corrected chi connectivity index (χ4v) is 5.45. The van der Waals surface area contributed by atoms with Crippen LogP contribution in [0.1, 0.15) is 57.2 Å². The Hall–Kier alpha value is -4.70. The van der Waals surface area contributed by atoms with Crippen LogP contribution in [0.15, 0.2) is 103 Å². The molecule has 0 fully saturated rings. The second-order valence-corrected chi connectivity index (χ2v) is 9.71. The van der Waals surface area contributed by atoms with Crippen molar-refractivity contribution in [2.75, 3.05) is 5.73 Å². The molecule has 1 aliphatic rings. The van der Waals surface area contributed by atoms with Crippen LogP contribution >= 0.6 is 0 Å². The molecule has 2 N–H and O–H groups in total. The van der Waals surface area contributed by atoms with Crippen molar-refractivity contribution in [3.8, 4) is 28.2 Å². The minimum atomic E-state index is -0.150. The van der Waals surface area contributed by atoms with E-state index < -0.39 is 0 Å². The lowest BCUT2D eigenvalue weighted by Gasteiger charge is -2.17. The van der Waals surface area contributed by atoms with E-state index in [0.717, 1.165) is 36.1 Å². The molecule has 4 aromatic carbocycles. The Morgan fingerprint density at radius 1 is 0.632 bits per heavy atom. The standard InChI is InChI=1S/C34H28N2O2/c1-2-3-11-22-18-20-24(21-19-22)32-30-29(33(37)25-14-7-8-15-26(25)34(30)38)31(23-12-5-4-6-13-23)36(32)28-17-10-9-16-27(28)35/h4-10,12-21H,2-3,11,35H2,1H3. The van der Waals surface area contributed by atoms with Gasteiger partial charge in [0, 0.05) is 11.1 Å². The highest BCUT2D eigenvalue weighted by molar-refractivity contribution is 6.32. The molecule has 0 bridgehead atoms. The van der Waals surface area contributed by atoms with Crippen LogP contribution < -0.4 is 5.73 Å². The number of anilines is 1. The smallest absolute Gasteiger partial charge is 0.196 e. The van der Waals surface area contributed by atoms with Crippen LogP contribution in [-0.2, 0) is 6.42 Å². The first-order valence-electron chi connectivity index (χ1n) is 13.1. The molecule has 1 aliphatic carbocycles. The topological polar surface area (TPSA) is 65.1 Å². The SMILES string of the molecule is CCCCc1ccc(-c2c3c(c(-c4ccccc4)n2-c2ccccc2N)C(=O)c2ccccc2C3=O)cc1. The zero-order chi connectivity index (χ0) is 26.2. The van der Waals surface area contributed by atoms with Gasteiger partial charge < -0.3 is 10.3 Å². The molecule has 0 saturated carbocycles. The van der Waals surface area contributed by atoms with Crippen molar-refractivity contribution in [1.29, 1.82) is 0 Å². The fourth-order valence-electron chi connectivity index (χ4n) is 5.45. The van der Waals surface area contributed by atoms with E-state index in [1.165, 1.54) is 5.56 Å². The molecule has 4 nitrogen and oxygen atoms in total. The van der Waals surface area contributed by atoms with Crippen LogP contribution in [-0.4, -0.2) is 16.1 Å². The van der Waals surface area contributed by atoms with E-state index in [-0.39, 0.29) is 11.6 Å². The lowest BCUT2D eigenvalue weighted by atomic mass is 9.82.